The Kier molecular flexibility index (Phi) is 6.18. The molecule has 0 radical (unpaired) electrons. The molecule has 2 atom stereocenters. The molecule has 2 aliphatic rings. The van der Waals surface area contributed by atoms with Gasteiger partial charge in [-0.15, -0.1) is 0 Å². The van der Waals surface area contributed by atoms with E-state index in [0.717, 1.165) is 35.9 Å². The van der Waals surface area contributed by atoms with Crippen LogP contribution in [0, 0.1) is 0 Å². The predicted molar refractivity (Wildman–Crippen MR) is 128 cm³/mol. The summed E-state index contributed by atoms with van der Waals surface area (Å²) in [5.74, 6) is 0.102. The molecule has 6 nitrogen and oxygen atoms in total. The monoisotopic (exact) mass is 445 g/mol. The van der Waals surface area contributed by atoms with Crippen molar-refractivity contribution in [3.05, 3.63) is 71.4 Å². The number of nitrogens with one attached hydrogen (secondary N) is 1. The van der Waals surface area contributed by atoms with E-state index in [9.17, 15) is 9.59 Å². The maximum absolute atomic E-state index is 13.5. The zero-order chi connectivity index (χ0) is 22.8. The molecule has 1 aromatic heterocycles. The van der Waals surface area contributed by atoms with Crippen molar-refractivity contribution in [2.75, 3.05) is 26.3 Å². The molecule has 3 aromatic rings. The van der Waals surface area contributed by atoms with E-state index in [0.29, 0.717) is 26.2 Å². The third kappa shape index (κ3) is 4.15. The van der Waals surface area contributed by atoms with Gasteiger partial charge in [0.25, 0.3) is 0 Å². The second-order valence-corrected chi connectivity index (χ2v) is 8.93. The fourth-order valence-electron chi connectivity index (χ4n) is 5.38. The summed E-state index contributed by atoms with van der Waals surface area (Å²) in [5.41, 5.74) is 4.59. The molecule has 5 rings (SSSR count). The standard InChI is InChI=1S/C27H31N3O3/c1-2-33-16-8-15-29-18-25(31)30-23(14-13-19-9-4-3-5-10-19)26-21(17-24(30)27(29)32)20-11-6-7-12-22(20)28-26/h3-7,9-12,23-24,28H,2,8,13-18H2,1H3/t23-,24-/m0/s1. The number of para-hydroxylation sites is 1. The van der Waals surface area contributed by atoms with Crippen LogP contribution >= 0.6 is 0 Å². The molecule has 0 spiro atoms. The molecule has 0 aliphatic carbocycles. The van der Waals surface area contributed by atoms with Gasteiger partial charge < -0.3 is 19.5 Å². The number of carbonyl (C=O) groups is 2. The molecule has 0 saturated carbocycles. The molecule has 172 valence electrons. The number of aryl methyl sites for hydroxylation is 1. The minimum Gasteiger partial charge on any atom is -0.382 e. The Balaban J connectivity index is 1.46. The largest absolute Gasteiger partial charge is 0.382 e. The number of amides is 2. The van der Waals surface area contributed by atoms with Crippen LogP contribution in [0.5, 0.6) is 0 Å². The van der Waals surface area contributed by atoms with E-state index < -0.39 is 6.04 Å². The van der Waals surface area contributed by atoms with Crippen molar-refractivity contribution < 1.29 is 14.3 Å². The number of rotatable bonds is 8. The quantitative estimate of drug-likeness (QED) is 0.536. The zero-order valence-corrected chi connectivity index (χ0v) is 19.1. The normalized spacial score (nSPS) is 20.3. The van der Waals surface area contributed by atoms with E-state index in [-0.39, 0.29) is 24.4 Å². The second kappa shape index (κ2) is 9.40. The van der Waals surface area contributed by atoms with Crippen LogP contribution in [0.1, 0.15) is 42.6 Å². The molecule has 1 saturated heterocycles. The fraction of sp³-hybridized carbons (Fsp3) is 0.407. The van der Waals surface area contributed by atoms with Crippen LogP contribution in [0.4, 0.5) is 0 Å². The van der Waals surface area contributed by atoms with Gasteiger partial charge in [0.15, 0.2) is 0 Å². The Morgan fingerprint density at radius 3 is 2.67 bits per heavy atom. The highest BCUT2D eigenvalue weighted by Gasteiger charge is 2.47. The van der Waals surface area contributed by atoms with Crippen molar-refractivity contribution in [3.63, 3.8) is 0 Å². The Labute approximate surface area is 194 Å². The van der Waals surface area contributed by atoms with E-state index in [1.165, 1.54) is 11.1 Å². The zero-order valence-electron chi connectivity index (χ0n) is 19.1. The van der Waals surface area contributed by atoms with Gasteiger partial charge in [0, 0.05) is 42.8 Å². The molecule has 0 bridgehead atoms. The van der Waals surface area contributed by atoms with Crippen molar-refractivity contribution in [2.45, 2.75) is 44.7 Å². The van der Waals surface area contributed by atoms with Gasteiger partial charge in [-0.05, 0) is 43.4 Å². The number of aromatic amines is 1. The molecular weight excluding hydrogens is 414 g/mol. The van der Waals surface area contributed by atoms with Crippen LogP contribution in [-0.4, -0.2) is 58.9 Å². The lowest BCUT2D eigenvalue weighted by molar-refractivity contribution is -0.160. The summed E-state index contributed by atoms with van der Waals surface area (Å²) < 4.78 is 5.43. The van der Waals surface area contributed by atoms with E-state index >= 15 is 0 Å². The molecule has 2 aromatic carbocycles. The lowest BCUT2D eigenvalue weighted by Gasteiger charge is -2.47. The number of carbonyl (C=O) groups excluding carboxylic acids is 2. The molecule has 2 amide bonds. The van der Waals surface area contributed by atoms with Crippen molar-refractivity contribution in [1.29, 1.82) is 0 Å². The second-order valence-electron chi connectivity index (χ2n) is 8.93. The number of benzene rings is 2. The van der Waals surface area contributed by atoms with Crippen molar-refractivity contribution in [1.82, 2.24) is 14.8 Å². The molecular formula is C27H31N3O3. The fourth-order valence-corrected chi connectivity index (χ4v) is 5.38. The van der Waals surface area contributed by atoms with E-state index in [1.807, 2.05) is 42.2 Å². The number of nitrogens with zero attached hydrogens (tertiary/aromatic N) is 2. The van der Waals surface area contributed by atoms with Gasteiger partial charge in [0.1, 0.15) is 6.04 Å². The number of ether oxygens (including phenoxy) is 1. The topological polar surface area (TPSA) is 65.6 Å². The third-order valence-corrected chi connectivity index (χ3v) is 6.93. The van der Waals surface area contributed by atoms with E-state index in [2.05, 4.69) is 29.2 Å². The maximum atomic E-state index is 13.5. The highest BCUT2D eigenvalue weighted by atomic mass is 16.5. The van der Waals surface area contributed by atoms with Gasteiger partial charge in [-0.3, -0.25) is 9.59 Å². The lowest BCUT2D eigenvalue weighted by atomic mass is 9.86. The summed E-state index contributed by atoms with van der Waals surface area (Å²) in [6.07, 6.45) is 2.94. The summed E-state index contributed by atoms with van der Waals surface area (Å²) >= 11 is 0. The first-order valence-corrected chi connectivity index (χ1v) is 12.0. The highest BCUT2D eigenvalue weighted by molar-refractivity contribution is 5.97. The number of aromatic nitrogens is 1. The van der Waals surface area contributed by atoms with Gasteiger partial charge >= 0.3 is 0 Å². The van der Waals surface area contributed by atoms with Crippen LogP contribution < -0.4 is 0 Å². The van der Waals surface area contributed by atoms with Gasteiger partial charge in [-0.25, -0.2) is 0 Å². The van der Waals surface area contributed by atoms with Gasteiger partial charge in [-0.2, -0.15) is 0 Å². The minimum absolute atomic E-state index is 0.0402. The summed E-state index contributed by atoms with van der Waals surface area (Å²) in [5, 5.41) is 1.16. The van der Waals surface area contributed by atoms with Crippen LogP contribution in [0.25, 0.3) is 10.9 Å². The summed E-state index contributed by atoms with van der Waals surface area (Å²) in [7, 11) is 0. The number of fused-ring (bicyclic) bond motifs is 4. The maximum Gasteiger partial charge on any atom is 0.246 e. The van der Waals surface area contributed by atoms with E-state index in [4.69, 9.17) is 4.74 Å². The van der Waals surface area contributed by atoms with Gasteiger partial charge in [0.05, 0.1) is 12.6 Å². The first-order chi connectivity index (χ1) is 16.2. The minimum atomic E-state index is -0.439. The van der Waals surface area contributed by atoms with Crippen molar-refractivity contribution in [2.24, 2.45) is 0 Å². The van der Waals surface area contributed by atoms with Gasteiger partial charge in [0.2, 0.25) is 11.8 Å². The van der Waals surface area contributed by atoms with Gasteiger partial charge in [-0.1, -0.05) is 48.5 Å². The van der Waals surface area contributed by atoms with Crippen LogP contribution in [-0.2, 0) is 27.2 Å². The molecule has 33 heavy (non-hydrogen) atoms. The molecule has 1 N–H and O–H groups in total. The Hall–Kier alpha value is -3.12. The number of piperazine rings is 1. The molecule has 3 heterocycles. The Morgan fingerprint density at radius 2 is 1.85 bits per heavy atom. The smallest absolute Gasteiger partial charge is 0.246 e. The average molecular weight is 446 g/mol. The Morgan fingerprint density at radius 1 is 1.06 bits per heavy atom. The van der Waals surface area contributed by atoms with Crippen molar-refractivity contribution >= 4 is 22.7 Å². The molecule has 6 heteroatoms. The molecule has 0 unspecified atom stereocenters. The number of H-pyrrole nitrogens is 1. The summed E-state index contributed by atoms with van der Waals surface area (Å²) in [4.78, 5) is 34.1. The number of hydrogen-bond donors (Lipinski definition) is 1. The van der Waals surface area contributed by atoms with Crippen LogP contribution in [0.2, 0.25) is 0 Å². The first kappa shape index (κ1) is 21.7. The summed E-state index contributed by atoms with van der Waals surface area (Å²) in [6, 6.07) is 18.0. The molecule has 2 aliphatic heterocycles. The average Bonchev–Trinajstić information content (AvgIpc) is 3.22. The van der Waals surface area contributed by atoms with E-state index in [1.54, 1.807) is 4.90 Å². The van der Waals surface area contributed by atoms with Crippen molar-refractivity contribution in [3.8, 4) is 0 Å². The lowest BCUT2D eigenvalue weighted by Crippen LogP contribution is -2.63. The molecule has 1 fully saturated rings. The highest BCUT2D eigenvalue weighted by Crippen LogP contribution is 2.41. The predicted octanol–water partition coefficient (Wildman–Crippen LogP) is 3.86. The Bertz CT molecular complexity index is 1140. The number of hydrogen-bond acceptors (Lipinski definition) is 3. The third-order valence-electron chi connectivity index (χ3n) is 6.93. The first-order valence-electron chi connectivity index (χ1n) is 12.0. The van der Waals surface area contributed by atoms with Crippen LogP contribution in [0.3, 0.4) is 0 Å². The summed E-state index contributed by atoms with van der Waals surface area (Å²) in [6.45, 7) is 3.94. The SMILES string of the molecule is CCOCCCN1CC(=O)N2[C@@H](Cc3c([nH]c4ccccc34)[C@@H]2CCc2ccccc2)C1=O. The van der Waals surface area contributed by atoms with Crippen LogP contribution in [0.15, 0.2) is 54.6 Å².